The van der Waals surface area contributed by atoms with Gasteiger partial charge in [0.05, 0.1) is 6.10 Å². The van der Waals surface area contributed by atoms with Gasteiger partial charge in [-0.05, 0) is 90.2 Å². The highest BCUT2D eigenvalue weighted by Gasteiger charge is 2.65. The molecule has 2 spiro atoms. The van der Waals surface area contributed by atoms with Gasteiger partial charge in [0.15, 0.2) is 10.7 Å². The molecule has 0 aromatic heterocycles. The Hall–Kier alpha value is -0.800. The quantitative estimate of drug-likeness (QED) is 0.500. The third-order valence-corrected chi connectivity index (χ3v) is 7.00. The van der Waals surface area contributed by atoms with Crippen LogP contribution in [0.15, 0.2) is 12.1 Å². The lowest BCUT2D eigenvalue weighted by Gasteiger charge is -2.46. The van der Waals surface area contributed by atoms with E-state index < -0.39 is 5.54 Å². The minimum Gasteiger partial charge on any atom is -0.381 e. The van der Waals surface area contributed by atoms with Gasteiger partial charge in [0.1, 0.15) is 5.82 Å². The Bertz CT molecular complexity index is 748. The van der Waals surface area contributed by atoms with Gasteiger partial charge in [0, 0.05) is 16.1 Å². The first-order valence-corrected chi connectivity index (χ1v) is 9.55. The van der Waals surface area contributed by atoms with Crippen LogP contribution >= 0.6 is 34.8 Å². The van der Waals surface area contributed by atoms with Crippen molar-refractivity contribution in [3.8, 4) is 0 Å². The highest BCUT2D eigenvalue weighted by atomic mass is 127. The van der Waals surface area contributed by atoms with Gasteiger partial charge in [0.2, 0.25) is 0 Å². The summed E-state index contributed by atoms with van der Waals surface area (Å²) in [7, 11) is 1.73. The summed E-state index contributed by atoms with van der Waals surface area (Å²) in [4.78, 5) is 13.0. The molecule has 24 heavy (non-hydrogen) atoms. The molecule has 1 saturated heterocycles. The van der Waals surface area contributed by atoms with Crippen LogP contribution in [0.4, 0.5) is 4.39 Å². The third-order valence-electron chi connectivity index (χ3n) is 5.97. The zero-order chi connectivity index (χ0) is 17.1. The number of hydrogen-bond donors (Lipinski definition) is 2. The lowest BCUT2D eigenvalue weighted by Crippen LogP contribution is -2.56. The molecular weight excluding hydrogens is 442 g/mol. The summed E-state index contributed by atoms with van der Waals surface area (Å²) in [6, 6.07) is 3.40. The topological polar surface area (TPSA) is 50.4 Å². The van der Waals surface area contributed by atoms with Crippen LogP contribution in [0.1, 0.15) is 36.8 Å². The summed E-state index contributed by atoms with van der Waals surface area (Å²) in [6.07, 6.45) is 4.41. The average molecular weight is 460 g/mol. The normalized spacial score (nSPS) is 34.5. The number of rotatable bonds is 1. The fourth-order valence-corrected chi connectivity index (χ4v) is 5.53. The van der Waals surface area contributed by atoms with Gasteiger partial charge in [-0.3, -0.25) is 4.79 Å². The zero-order valence-electron chi connectivity index (χ0n) is 13.2. The molecule has 1 heterocycles. The van der Waals surface area contributed by atoms with E-state index in [0.29, 0.717) is 15.1 Å². The Balaban J connectivity index is 1.87. The van der Waals surface area contributed by atoms with Crippen LogP contribution < -0.4 is 10.6 Å². The second-order valence-electron chi connectivity index (χ2n) is 6.97. The summed E-state index contributed by atoms with van der Waals surface area (Å²) in [5.41, 5.74) is 0.620. The number of carbonyl (C=O) groups is 1. The van der Waals surface area contributed by atoms with Crippen LogP contribution in [-0.4, -0.2) is 24.2 Å². The Morgan fingerprint density at radius 1 is 1.38 bits per heavy atom. The number of carbonyl (C=O) groups excluding carboxylic acids is 1. The molecular formula is C17H18FIN2O2S. The van der Waals surface area contributed by atoms with Crippen LogP contribution in [-0.2, 0) is 21.5 Å². The Kier molecular flexibility index (Phi) is 3.89. The lowest BCUT2D eigenvalue weighted by molar-refractivity contribution is -0.131. The van der Waals surface area contributed by atoms with Gasteiger partial charge in [-0.25, -0.2) is 4.39 Å². The van der Waals surface area contributed by atoms with Crippen LogP contribution in [0.25, 0.3) is 0 Å². The summed E-state index contributed by atoms with van der Waals surface area (Å²) in [6.45, 7) is 0. The molecule has 3 aliphatic rings. The predicted molar refractivity (Wildman–Crippen MR) is 100 cm³/mol. The van der Waals surface area contributed by atoms with E-state index in [2.05, 4.69) is 10.6 Å². The number of amides is 1. The second-order valence-corrected chi connectivity index (χ2v) is 8.54. The van der Waals surface area contributed by atoms with E-state index in [9.17, 15) is 9.18 Å². The average Bonchev–Trinajstić information content (AvgIpc) is 2.98. The highest BCUT2D eigenvalue weighted by Crippen LogP contribution is 2.59. The number of thiocarbonyl (C=S) groups is 1. The number of benzene rings is 1. The lowest BCUT2D eigenvalue weighted by atomic mass is 9.61. The van der Waals surface area contributed by atoms with E-state index >= 15 is 0 Å². The fraction of sp³-hybridized carbons (Fsp3) is 0.529. The maximum Gasteiger partial charge on any atom is 0.257 e. The van der Waals surface area contributed by atoms with Crippen LogP contribution in [0.5, 0.6) is 0 Å². The molecule has 0 radical (unpaired) electrons. The fourth-order valence-electron chi connectivity index (χ4n) is 4.82. The molecule has 1 unspecified atom stereocenters. The molecule has 4 nitrogen and oxygen atoms in total. The summed E-state index contributed by atoms with van der Waals surface area (Å²) in [5, 5.41) is 6.42. The smallest absolute Gasteiger partial charge is 0.257 e. The molecule has 0 bridgehead atoms. The molecule has 128 valence electrons. The van der Waals surface area contributed by atoms with Crippen LogP contribution in [0.2, 0.25) is 0 Å². The number of methoxy groups -OCH3 is 1. The van der Waals surface area contributed by atoms with Crippen molar-refractivity contribution in [2.24, 2.45) is 5.41 Å². The van der Waals surface area contributed by atoms with Crippen molar-refractivity contribution in [3.63, 3.8) is 0 Å². The molecule has 1 aliphatic heterocycles. The molecule has 2 aliphatic carbocycles. The molecule has 1 atom stereocenters. The highest BCUT2D eigenvalue weighted by molar-refractivity contribution is 14.1. The molecule has 7 heteroatoms. The Morgan fingerprint density at radius 2 is 2.08 bits per heavy atom. The van der Waals surface area contributed by atoms with E-state index in [1.54, 1.807) is 13.2 Å². The van der Waals surface area contributed by atoms with Crippen molar-refractivity contribution < 1.29 is 13.9 Å². The Labute approximate surface area is 159 Å². The second kappa shape index (κ2) is 5.60. The minimum absolute atomic E-state index is 0.107. The third kappa shape index (κ3) is 2.10. The van der Waals surface area contributed by atoms with Gasteiger partial charge < -0.3 is 15.4 Å². The molecule has 2 N–H and O–H groups in total. The van der Waals surface area contributed by atoms with Crippen molar-refractivity contribution in [2.45, 2.75) is 43.7 Å². The van der Waals surface area contributed by atoms with E-state index in [4.69, 9.17) is 17.0 Å². The summed E-state index contributed by atoms with van der Waals surface area (Å²) in [5.74, 6) is -0.336. The van der Waals surface area contributed by atoms with Crippen LogP contribution in [0, 0.1) is 14.8 Å². The maximum absolute atomic E-state index is 14.1. The van der Waals surface area contributed by atoms with E-state index in [0.717, 1.165) is 36.8 Å². The van der Waals surface area contributed by atoms with Crippen molar-refractivity contribution in [1.82, 2.24) is 10.6 Å². The molecule has 4 rings (SSSR count). The molecule has 1 aromatic carbocycles. The number of nitrogens with one attached hydrogen (secondary N) is 2. The van der Waals surface area contributed by atoms with E-state index in [1.165, 1.54) is 0 Å². The standard InChI is InChI=1S/C17H18FIN2O2S/c1-23-10-2-4-16(5-3-10)8-9-6-12(18)13(19)7-11(9)17(16)14(22)20-15(24)21-17/h6-7,10H,2-5,8H2,1H3,(H2,20,21,22,24). The van der Waals surface area contributed by atoms with Crippen LogP contribution in [0.3, 0.4) is 0 Å². The van der Waals surface area contributed by atoms with Crippen molar-refractivity contribution in [2.75, 3.05) is 7.11 Å². The minimum atomic E-state index is -0.883. The molecule has 2 fully saturated rings. The summed E-state index contributed by atoms with van der Waals surface area (Å²) >= 11 is 7.23. The predicted octanol–water partition coefficient (Wildman–Crippen LogP) is 2.76. The van der Waals surface area contributed by atoms with E-state index in [1.807, 2.05) is 28.7 Å². The van der Waals surface area contributed by atoms with Crippen molar-refractivity contribution in [1.29, 1.82) is 0 Å². The largest absolute Gasteiger partial charge is 0.381 e. The SMILES string of the molecule is COC1CCC2(CC1)Cc1cc(F)c(I)cc1C21NC(=S)NC1=O. The van der Waals surface area contributed by atoms with Crippen molar-refractivity contribution in [3.05, 3.63) is 32.6 Å². The maximum atomic E-state index is 14.1. The first-order chi connectivity index (χ1) is 11.4. The number of halogens is 2. The zero-order valence-corrected chi connectivity index (χ0v) is 16.2. The van der Waals surface area contributed by atoms with Gasteiger partial charge in [0.25, 0.3) is 5.91 Å². The van der Waals surface area contributed by atoms with Gasteiger partial charge in [-0.15, -0.1) is 0 Å². The monoisotopic (exact) mass is 460 g/mol. The first-order valence-electron chi connectivity index (χ1n) is 8.07. The summed E-state index contributed by atoms with van der Waals surface area (Å²) < 4.78 is 20.1. The van der Waals surface area contributed by atoms with Crippen molar-refractivity contribution >= 4 is 45.8 Å². The molecule has 1 saturated carbocycles. The number of hydrogen-bond acceptors (Lipinski definition) is 3. The van der Waals surface area contributed by atoms with Gasteiger partial charge >= 0.3 is 0 Å². The van der Waals surface area contributed by atoms with E-state index in [-0.39, 0.29) is 23.2 Å². The van der Waals surface area contributed by atoms with Gasteiger partial charge in [-0.1, -0.05) is 0 Å². The number of fused-ring (bicyclic) bond motifs is 3. The first kappa shape index (κ1) is 16.7. The van der Waals surface area contributed by atoms with Gasteiger partial charge in [-0.2, -0.15) is 0 Å². The molecule has 1 aromatic rings. The Morgan fingerprint density at radius 3 is 2.67 bits per heavy atom. The number of ether oxygens (including phenoxy) is 1. The molecule has 1 amide bonds.